The van der Waals surface area contributed by atoms with Crippen LogP contribution in [0, 0.1) is 17.7 Å². The van der Waals surface area contributed by atoms with E-state index < -0.39 is 11.9 Å². The van der Waals surface area contributed by atoms with Gasteiger partial charge < -0.3 is 10.6 Å². The molecule has 2 N–H and O–H groups in total. The van der Waals surface area contributed by atoms with Crippen LogP contribution in [-0.2, 0) is 4.79 Å². The molecule has 24 heavy (non-hydrogen) atoms. The van der Waals surface area contributed by atoms with E-state index in [4.69, 9.17) is 5.73 Å². The van der Waals surface area contributed by atoms with Gasteiger partial charge in [-0.25, -0.2) is 4.39 Å². The van der Waals surface area contributed by atoms with Crippen molar-refractivity contribution in [3.05, 3.63) is 59.9 Å². The van der Waals surface area contributed by atoms with Crippen molar-refractivity contribution in [2.45, 2.75) is 12.5 Å². The predicted octanol–water partition coefficient (Wildman–Crippen LogP) is 2.44. The molecular weight excluding hydrogens is 307 g/mol. The summed E-state index contributed by atoms with van der Waals surface area (Å²) in [5, 5.41) is 0. The Hall–Kier alpha value is -2.69. The minimum Gasteiger partial charge on any atom is -0.368 e. The maximum Gasteiger partial charge on any atom is 0.255 e. The van der Waals surface area contributed by atoms with Crippen LogP contribution < -0.4 is 5.73 Å². The Morgan fingerprint density at radius 1 is 1.08 bits per heavy atom. The van der Waals surface area contributed by atoms with Crippen molar-refractivity contribution in [3.63, 3.8) is 0 Å². The summed E-state index contributed by atoms with van der Waals surface area (Å²) < 4.78 is 13.2. The summed E-state index contributed by atoms with van der Waals surface area (Å²) in [6.07, 6.45) is 0.969. The van der Waals surface area contributed by atoms with Gasteiger partial charge in [0.05, 0.1) is 0 Å². The lowest BCUT2D eigenvalue weighted by Crippen LogP contribution is -2.46. The highest BCUT2D eigenvalue weighted by Gasteiger charge is 2.56. The molecule has 122 valence electrons. The minimum atomic E-state index is -0.510. The normalized spacial score (nSPS) is 24.5. The second-order valence-electron chi connectivity index (χ2n) is 6.52. The third-order valence-electron chi connectivity index (χ3n) is 5.01. The molecule has 1 aliphatic heterocycles. The molecule has 0 radical (unpaired) electrons. The van der Waals surface area contributed by atoms with Crippen LogP contribution in [0.4, 0.5) is 4.39 Å². The third-order valence-corrected chi connectivity index (χ3v) is 5.01. The first-order chi connectivity index (χ1) is 11.6. The number of benzene rings is 2. The smallest absolute Gasteiger partial charge is 0.255 e. The van der Waals surface area contributed by atoms with Crippen LogP contribution >= 0.6 is 0 Å². The first kappa shape index (κ1) is 14.9. The number of nitrogens with two attached hydrogens (primary N) is 1. The van der Waals surface area contributed by atoms with Crippen LogP contribution in [0.25, 0.3) is 11.1 Å². The van der Waals surface area contributed by atoms with E-state index in [-0.39, 0.29) is 17.6 Å². The monoisotopic (exact) mass is 324 g/mol. The van der Waals surface area contributed by atoms with Crippen LogP contribution in [0.15, 0.2) is 48.5 Å². The molecule has 4 nitrogen and oxygen atoms in total. The average Bonchev–Trinajstić information content (AvgIpc) is 3.24. The average molecular weight is 324 g/mol. The first-order valence-electron chi connectivity index (χ1n) is 8.01. The Labute approximate surface area is 139 Å². The van der Waals surface area contributed by atoms with Crippen LogP contribution in [0.1, 0.15) is 16.8 Å². The summed E-state index contributed by atoms with van der Waals surface area (Å²) in [4.78, 5) is 26.4. The quantitative estimate of drug-likeness (QED) is 0.942. The molecule has 1 saturated carbocycles. The standard InChI is InChI=1S/C19H17FN2O2/c20-13-7-5-11(6-8-13)14-3-1-2-4-15(14)19(24)22-10-12-9-16(12)17(22)18(21)23/h1-8,12,16-17H,9-10H2,(H2,21,23)/t12-,16-,17-/m0/s1. The highest BCUT2D eigenvalue weighted by atomic mass is 19.1. The zero-order valence-electron chi connectivity index (χ0n) is 13.0. The molecule has 2 aromatic carbocycles. The van der Waals surface area contributed by atoms with Gasteiger partial charge in [0.15, 0.2) is 0 Å². The van der Waals surface area contributed by atoms with E-state index in [1.165, 1.54) is 12.1 Å². The van der Waals surface area contributed by atoms with Crippen molar-refractivity contribution >= 4 is 11.8 Å². The molecule has 1 aliphatic carbocycles. The zero-order valence-corrected chi connectivity index (χ0v) is 13.0. The number of hydrogen-bond donors (Lipinski definition) is 1. The molecule has 2 aliphatic rings. The SMILES string of the molecule is NC(=O)[C@@H]1[C@H]2C[C@H]2CN1C(=O)c1ccccc1-c1ccc(F)cc1. The lowest BCUT2D eigenvalue weighted by Gasteiger charge is -2.26. The second-order valence-corrected chi connectivity index (χ2v) is 6.52. The second kappa shape index (κ2) is 5.44. The molecule has 3 atom stereocenters. The number of carbonyl (C=O) groups excluding carboxylic acids is 2. The number of rotatable bonds is 3. The summed E-state index contributed by atoms with van der Waals surface area (Å²) in [7, 11) is 0. The fraction of sp³-hybridized carbons (Fsp3) is 0.263. The summed E-state index contributed by atoms with van der Waals surface area (Å²) in [6, 6.07) is 12.7. The van der Waals surface area contributed by atoms with Crippen LogP contribution in [-0.4, -0.2) is 29.3 Å². The molecule has 0 spiro atoms. The van der Waals surface area contributed by atoms with Crippen LogP contribution in [0.3, 0.4) is 0 Å². The Balaban J connectivity index is 1.71. The van der Waals surface area contributed by atoms with E-state index in [1.54, 1.807) is 29.2 Å². The number of likely N-dealkylation sites (tertiary alicyclic amines) is 1. The van der Waals surface area contributed by atoms with Gasteiger partial charge in [-0.1, -0.05) is 30.3 Å². The predicted molar refractivity (Wildman–Crippen MR) is 87.5 cm³/mol. The zero-order chi connectivity index (χ0) is 16.8. The summed E-state index contributed by atoms with van der Waals surface area (Å²) in [5.74, 6) is -0.344. The maximum absolute atomic E-state index is 13.2. The van der Waals surface area contributed by atoms with E-state index in [0.29, 0.717) is 18.0 Å². The molecule has 2 aromatic rings. The van der Waals surface area contributed by atoms with Crippen LogP contribution in [0.2, 0.25) is 0 Å². The molecule has 5 heteroatoms. The molecule has 1 saturated heterocycles. The summed E-state index contributed by atoms with van der Waals surface area (Å²) in [6.45, 7) is 0.578. The molecular formula is C19H17FN2O2. The number of piperidine rings is 1. The Morgan fingerprint density at radius 3 is 2.50 bits per heavy atom. The number of nitrogens with zero attached hydrogens (tertiary/aromatic N) is 1. The Morgan fingerprint density at radius 2 is 1.79 bits per heavy atom. The molecule has 2 amide bonds. The molecule has 4 rings (SSSR count). The fourth-order valence-corrected chi connectivity index (χ4v) is 3.74. The van der Waals surface area contributed by atoms with E-state index in [9.17, 15) is 14.0 Å². The van der Waals surface area contributed by atoms with Crippen LogP contribution in [0.5, 0.6) is 0 Å². The van der Waals surface area contributed by atoms with Gasteiger partial charge in [0, 0.05) is 12.1 Å². The van der Waals surface area contributed by atoms with E-state index in [1.807, 2.05) is 12.1 Å². The number of hydrogen-bond acceptors (Lipinski definition) is 2. The van der Waals surface area contributed by atoms with Gasteiger partial charge in [-0.2, -0.15) is 0 Å². The summed E-state index contributed by atoms with van der Waals surface area (Å²) >= 11 is 0. The van der Waals surface area contributed by atoms with Gasteiger partial charge >= 0.3 is 0 Å². The molecule has 0 unspecified atom stereocenters. The molecule has 1 heterocycles. The lowest BCUT2D eigenvalue weighted by molar-refractivity contribution is -0.122. The van der Waals surface area contributed by atoms with Gasteiger partial charge in [-0.15, -0.1) is 0 Å². The number of amides is 2. The third kappa shape index (κ3) is 2.37. The van der Waals surface area contributed by atoms with Gasteiger partial charge in [-0.3, -0.25) is 9.59 Å². The highest BCUT2D eigenvalue weighted by Crippen LogP contribution is 2.50. The topological polar surface area (TPSA) is 63.4 Å². The van der Waals surface area contributed by atoms with Gasteiger partial charge in [0.2, 0.25) is 5.91 Å². The molecule has 2 fully saturated rings. The Bertz CT molecular complexity index is 818. The lowest BCUT2D eigenvalue weighted by atomic mass is 9.98. The van der Waals surface area contributed by atoms with Crippen molar-refractivity contribution in [3.8, 4) is 11.1 Å². The maximum atomic E-state index is 13.2. The summed E-state index contributed by atoms with van der Waals surface area (Å²) in [5.41, 5.74) is 7.52. The van der Waals surface area contributed by atoms with Gasteiger partial charge in [0.25, 0.3) is 5.91 Å². The number of primary amides is 1. The Kier molecular flexibility index (Phi) is 3.37. The number of fused-ring (bicyclic) bond motifs is 1. The largest absolute Gasteiger partial charge is 0.368 e. The highest BCUT2D eigenvalue weighted by molar-refractivity contribution is 6.03. The van der Waals surface area contributed by atoms with Gasteiger partial charge in [-0.05, 0) is 47.6 Å². The first-order valence-corrected chi connectivity index (χ1v) is 8.01. The molecule has 0 aromatic heterocycles. The van der Waals surface area contributed by atoms with E-state index >= 15 is 0 Å². The van der Waals surface area contributed by atoms with Crippen molar-refractivity contribution < 1.29 is 14.0 Å². The van der Waals surface area contributed by atoms with Crippen molar-refractivity contribution in [1.29, 1.82) is 0 Å². The fourth-order valence-electron chi connectivity index (χ4n) is 3.74. The van der Waals surface area contributed by atoms with E-state index in [2.05, 4.69) is 0 Å². The van der Waals surface area contributed by atoms with Crippen molar-refractivity contribution in [2.24, 2.45) is 17.6 Å². The van der Waals surface area contributed by atoms with E-state index in [0.717, 1.165) is 17.5 Å². The molecule has 0 bridgehead atoms. The van der Waals surface area contributed by atoms with Crippen molar-refractivity contribution in [2.75, 3.05) is 6.54 Å². The number of carbonyl (C=O) groups is 2. The van der Waals surface area contributed by atoms with Gasteiger partial charge in [0.1, 0.15) is 11.9 Å². The van der Waals surface area contributed by atoms with Crippen molar-refractivity contribution in [1.82, 2.24) is 4.90 Å². The number of halogens is 1. The minimum absolute atomic E-state index is 0.189.